The number of halogens is 1. The van der Waals surface area contributed by atoms with Crippen LogP contribution >= 0.6 is 24.2 Å². The van der Waals surface area contributed by atoms with Crippen LogP contribution in [0.3, 0.4) is 0 Å². The molecule has 2 saturated heterocycles. The third-order valence-electron chi connectivity index (χ3n) is 2.64. The van der Waals surface area contributed by atoms with Gasteiger partial charge in [-0.05, 0) is 6.42 Å². The average Bonchev–Trinajstić information content (AvgIpc) is 2.46. The topological polar surface area (TPSA) is 38.3 Å². The molecule has 1 N–H and O–H groups in total. The van der Waals surface area contributed by atoms with Crippen molar-refractivity contribution in [2.24, 2.45) is 5.92 Å². The van der Waals surface area contributed by atoms with Crippen molar-refractivity contribution in [1.82, 2.24) is 5.32 Å². The molecule has 5 heteroatoms. The highest BCUT2D eigenvalue weighted by molar-refractivity contribution is 8.01. The molecule has 0 amide bonds. The van der Waals surface area contributed by atoms with Gasteiger partial charge in [-0.25, -0.2) is 0 Å². The number of methoxy groups -OCH3 is 1. The molecule has 2 rings (SSSR count). The van der Waals surface area contributed by atoms with Crippen LogP contribution in [0.5, 0.6) is 0 Å². The monoisotopic (exact) mass is 223 g/mol. The molecule has 2 aliphatic heterocycles. The molecule has 0 aromatic heterocycles. The maximum absolute atomic E-state index is 11.2. The van der Waals surface area contributed by atoms with Crippen LogP contribution in [-0.4, -0.2) is 36.7 Å². The molecule has 0 radical (unpaired) electrons. The SMILES string of the molecule is COC(=O)C1CSC2(CNC2)C1.Cl. The van der Waals surface area contributed by atoms with Crippen LogP contribution in [0, 0.1) is 5.92 Å². The number of ether oxygens (including phenoxy) is 1. The van der Waals surface area contributed by atoms with Gasteiger partial charge in [0.15, 0.2) is 0 Å². The van der Waals surface area contributed by atoms with Crippen molar-refractivity contribution < 1.29 is 9.53 Å². The molecule has 0 aliphatic carbocycles. The lowest BCUT2D eigenvalue weighted by molar-refractivity contribution is -0.144. The van der Waals surface area contributed by atoms with E-state index >= 15 is 0 Å². The predicted molar refractivity (Wildman–Crippen MR) is 55.4 cm³/mol. The second-order valence-electron chi connectivity index (χ2n) is 3.52. The second-order valence-corrected chi connectivity index (χ2v) is 5.01. The van der Waals surface area contributed by atoms with Gasteiger partial charge in [-0.1, -0.05) is 0 Å². The molecule has 2 fully saturated rings. The van der Waals surface area contributed by atoms with Gasteiger partial charge in [-0.15, -0.1) is 12.4 Å². The maximum atomic E-state index is 11.2. The van der Waals surface area contributed by atoms with E-state index in [-0.39, 0.29) is 24.3 Å². The quantitative estimate of drug-likeness (QED) is 0.664. The van der Waals surface area contributed by atoms with Gasteiger partial charge in [0, 0.05) is 23.6 Å². The van der Waals surface area contributed by atoms with Gasteiger partial charge in [-0.2, -0.15) is 11.8 Å². The second kappa shape index (κ2) is 4.07. The van der Waals surface area contributed by atoms with Gasteiger partial charge in [0.1, 0.15) is 0 Å². The highest BCUT2D eigenvalue weighted by Gasteiger charge is 2.46. The first-order valence-electron chi connectivity index (χ1n) is 4.18. The average molecular weight is 224 g/mol. The predicted octanol–water partition coefficient (Wildman–Crippen LogP) is 0.676. The number of carbonyl (C=O) groups excluding carboxylic acids is 1. The number of rotatable bonds is 1. The fraction of sp³-hybridized carbons (Fsp3) is 0.875. The lowest BCUT2D eigenvalue weighted by Gasteiger charge is -2.38. The summed E-state index contributed by atoms with van der Waals surface area (Å²) in [4.78, 5) is 11.2. The molecular formula is C8H14ClNO2S. The standard InChI is InChI=1S/C8H13NO2S.ClH/c1-11-7(10)6-2-8(12-3-6)4-9-5-8;/h6,9H,2-5H2,1H3;1H. The summed E-state index contributed by atoms with van der Waals surface area (Å²) in [5, 5.41) is 3.25. The summed E-state index contributed by atoms with van der Waals surface area (Å²) in [6.07, 6.45) is 0.997. The lowest BCUT2D eigenvalue weighted by Crippen LogP contribution is -2.55. The first kappa shape index (κ1) is 11.1. The fourth-order valence-electron chi connectivity index (χ4n) is 1.81. The van der Waals surface area contributed by atoms with Gasteiger partial charge in [0.05, 0.1) is 13.0 Å². The van der Waals surface area contributed by atoms with E-state index in [1.807, 2.05) is 11.8 Å². The van der Waals surface area contributed by atoms with Crippen molar-refractivity contribution in [3.63, 3.8) is 0 Å². The molecule has 76 valence electrons. The van der Waals surface area contributed by atoms with Crippen LogP contribution in [0.25, 0.3) is 0 Å². The molecule has 1 spiro atoms. The van der Waals surface area contributed by atoms with Gasteiger partial charge >= 0.3 is 5.97 Å². The van der Waals surface area contributed by atoms with E-state index in [2.05, 4.69) is 5.32 Å². The molecule has 3 nitrogen and oxygen atoms in total. The summed E-state index contributed by atoms with van der Waals surface area (Å²) >= 11 is 1.92. The first-order chi connectivity index (χ1) is 5.76. The van der Waals surface area contributed by atoms with Crippen molar-refractivity contribution in [1.29, 1.82) is 0 Å². The molecule has 0 aromatic rings. The molecule has 0 bridgehead atoms. The Morgan fingerprint density at radius 2 is 2.31 bits per heavy atom. The number of thioether (sulfide) groups is 1. The molecule has 2 aliphatic rings. The third-order valence-corrected chi connectivity index (χ3v) is 4.27. The summed E-state index contributed by atoms with van der Waals surface area (Å²) in [7, 11) is 1.47. The van der Waals surface area contributed by atoms with Crippen LogP contribution in [0.4, 0.5) is 0 Å². The third kappa shape index (κ3) is 1.95. The zero-order chi connectivity index (χ0) is 8.60. The van der Waals surface area contributed by atoms with E-state index in [1.165, 1.54) is 7.11 Å². The maximum Gasteiger partial charge on any atom is 0.309 e. The van der Waals surface area contributed by atoms with E-state index in [0.717, 1.165) is 25.3 Å². The van der Waals surface area contributed by atoms with E-state index in [9.17, 15) is 4.79 Å². The highest BCUT2D eigenvalue weighted by Crippen LogP contribution is 2.44. The number of esters is 1. The summed E-state index contributed by atoms with van der Waals surface area (Å²) in [5.41, 5.74) is 0. The molecule has 1 atom stereocenters. The van der Waals surface area contributed by atoms with Crippen molar-refractivity contribution in [3.05, 3.63) is 0 Å². The molecule has 1 unspecified atom stereocenters. The van der Waals surface area contributed by atoms with E-state index < -0.39 is 0 Å². The largest absolute Gasteiger partial charge is 0.469 e. The van der Waals surface area contributed by atoms with Crippen LogP contribution in [0.2, 0.25) is 0 Å². The highest BCUT2D eigenvalue weighted by atomic mass is 35.5. The van der Waals surface area contributed by atoms with E-state index in [0.29, 0.717) is 4.75 Å². The minimum absolute atomic E-state index is 0. The zero-order valence-electron chi connectivity index (χ0n) is 7.54. The van der Waals surface area contributed by atoms with Crippen molar-refractivity contribution >= 4 is 30.1 Å². The minimum Gasteiger partial charge on any atom is -0.469 e. The fourth-order valence-corrected chi connectivity index (χ4v) is 3.35. The molecular weight excluding hydrogens is 210 g/mol. The van der Waals surface area contributed by atoms with Crippen LogP contribution in [0.1, 0.15) is 6.42 Å². The number of nitrogens with one attached hydrogen (secondary N) is 1. The van der Waals surface area contributed by atoms with Gasteiger partial charge < -0.3 is 10.1 Å². The summed E-state index contributed by atoms with van der Waals surface area (Å²) < 4.78 is 5.10. The van der Waals surface area contributed by atoms with E-state index in [1.54, 1.807) is 0 Å². The Morgan fingerprint density at radius 3 is 2.69 bits per heavy atom. The van der Waals surface area contributed by atoms with E-state index in [4.69, 9.17) is 4.74 Å². The number of carbonyl (C=O) groups is 1. The first-order valence-corrected chi connectivity index (χ1v) is 5.17. The summed E-state index contributed by atoms with van der Waals surface area (Å²) in [5.74, 6) is 1.04. The minimum atomic E-state index is -0.0359. The zero-order valence-corrected chi connectivity index (χ0v) is 9.17. The van der Waals surface area contributed by atoms with Gasteiger partial charge in [0.2, 0.25) is 0 Å². The summed E-state index contributed by atoms with van der Waals surface area (Å²) in [6.45, 7) is 2.12. The van der Waals surface area contributed by atoms with Crippen LogP contribution < -0.4 is 5.32 Å². The Labute approximate surface area is 88.4 Å². The van der Waals surface area contributed by atoms with Crippen molar-refractivity contribution in [2.45, 2.75) is 11.2 Å². The Kier molecular flexibility index (Phi) is 3.49. The lowest BCUT2D eigenvalue weighted by atomic mass is 9.91. The van der Waals surface area contributed by atoms with Crippen LogP contribution in [-0.2, 0) is 9.53 Å². The molecule has 2 heterocycles. The Bertz CT molecular complexity index is 208. The van der Waals surface area contributed by atoms with Crippen molar-refractivity contribution in [3.8, 4) is 0 Å². The van der Waals surface area contributed by atoms with Crippen molar-refractivity contribution in [2.75, 3.05) is 26.0 Å². The number of hydrogen-bond acceptors (Lipinski definition) is 4. The Balaban J connectivity index is 0.000000845. The Hall–Kier alpha value is 0.0700. The van der Waals surface area contributed by atoms with Gasteiger partial charge in [0.25, 0.3) is 0 Å². The molecule has 0 saturated carbocycles. The number of hydrogen-bond donors (Lipinski definition) is 1. The van der Waals surface area contributed by atoms with Gasteiger partial charge in [-0.3, -0.25) is 4.79 Å². The molecule has 13 heavy (non-hydrogen) atoms. The Morgan fingerprint density at radius 1 is 1.62 bits per heavy atom. The summed E-state index contributed by atoms with van der Waals surface area (Å²) in [6, 6.07) is 0. The molecule has 0 aromatic carbocycles. The smallest absolute Gasteiger partial charge is 0.309 e. The normalized spacial score (nSPS) is 29.2. The van der Waals surface area contributed by atoms with Crippen LogP contribution in [0.15, 0.2) is 0 Å².